The number of rotatable bonds is 7. The Kier molecular flexibility index (Phi) is 6.76. The van der Waals surface area contributed by atoms with Crippen LogP contribution in [0.25, 0.3) is 20.8 Å². The second-order valence-electron chi connectivity index (χ2n) is 8.00. The molecule has 0 atom stereocenters. The number of anilines is 2. The van der Waals surface area contributed by atoms with E-state index in [-0.39, 0.29) is 22.4 Å². The molecule has 0 bridgehead atoms. The number of benzene rings is 3. The van der Waals surface area contributed by atoms with Crippen LogP contribution in [0.5, 0.6) is 0 Å². The molecule has 11 heteroatoms. The predicted octanol–water partition coefficient (Wildman–Crippen LogP) is 6.36. The molecule has 182 valence electrons. The number of amides is 1. The fourth-order valence-electron chi connectivity index (χ4n) is 3.44. The fraction of sp³-hybridized carbons (Fsp3) is 0.0800. The molecule has 0 aliphatic carbocycles. The summed E-state index contributed by atoms with van der Waals surface area (Å²) in [4.78, 5) is 21.5. The smallest absolute Gasteiger partial charge is 0.263 e. The molecule has 5 aromatic rings. The number of nitrogens with zero attached hydrogens (tertiary/aromatic N) is 2. The third-order valence-electron chi connectivity index (χ3n) is 5.20. The van der Waals surface area contributed by atoms with Crippen molar-refractivity contribution in [1.29, 1.82) is 0 Å². The van der Waals surface area contributed by atoms with Gasteiger partial charge in [0.25, 0.3) is 10.0 Å². The summed E-state index contributed by atoms with van der Waals surface area (Å²) in [6, 6.07) is 19.5. The van der Waals surface area contributed by atoms with Gasteiger partial charge in [-0.05, 0) is 73.2 Å². The Balaban J connectivity index is 1.20. The summed E-state index contributed by atoms with van der Waals surface area (Å²) in [6.07, 6.45) is 0.0120. The van der Waals surface area contributed by atoms with E-state index >= 15 is 0 Å². The molecule has 0 radical (unpaired) electrons. The van der Waals surface area contributed by atoms with Gasteiger partial charge >= 0.3 is 0 Å². The molecule has 0 saturated carbocycles. The molecule has 2 heterocycles. The Morgan fingerprint density at radius 2 is 1.75 bits per heavy atom. The average molecular weight is 555 g/mol. The zero-order chi connectivity index (χ0) is 25.3. The molecule has 0 unspecified atom stereocenters. The zero-order valence-corrected chi connectivity index (χ0v) is 22.1. The van der Waals surface area contributed by atoms with Crippen molar-refractivity contribution in [3.05, 3.63) is 88.4 Å². The van der Waals surface area contributed by atoms with Gasteiger partial charge in [-0.15, -0.1) is 22.7 Å². The standard InChI is InChI=1S/C25H19ClN4O3S3/c1-15-2-11-21-22(12-15)35-24(29-21)16-3-7-18(8-4-16)27-23(31)13-19-14-34-25(28-19)30-36(32,33)20-9-5-17(26)6-10-20/h2-12,14H,13H2,1H3,(H,27,31)(H,28,30). The van der Waals surface area contributed by atoms with Crippen LogP contribution >= 0.6 is 34.3 Å². The van der Waals surface area contributed by atoms with Crippen molar-refractivity contribution in [3.8, 4) is 10.6 Å². The van der Waals surface area contributed by atoms with E-state index in [0.717, 1.165) is 32.1 Å². The van der Waals surface area contributed by atoms with Crippen LogP contribution in [0.3, 0.4) is 0 Å². The summed E-state index contributed by atoms with van der Waals surface area (Å²) < 4.78 is 28.6. The van der Waals surface area contributed by atoms with Crippen LogP contribution in [0.2, 0.25) is 5.02 Å². The van der Waals surface area contributed by atoms with Gasteiger partial charge in [0.05, 0.1) is 27.2 Å². The third kappa shape index (κ3) is 5.57. The number of aryl methyl sites for hydroxylation is 1. The summed E-state index contributed by atoms with van der Waals surface area (Å²) in [6.45, 7) is 2.06. The highest BCUT2D eigenvalue weighted by Crippen LogP contribution is 2.31. The molecule has 0 aliphatic rings. The molecule has 7 nitrogen and oxygen atoms in total. The SMILES string of the molecule is Cc1ccc2nc(-c3ccc(NC(=O)Cc4csc(NS(=O)(=O)c5ccc(Cl)cc5)n4)cc3)sc2c1. The van der Waals surface area contributed by atoms with E-state index in [1.54, 1.807) is 16.7 Å². The summed E-state index contributed by atoms with van der Waals surface area (Å²) in [5.74, 6) is -0.254. The van der Waals surface area contributed by atoms with Gasteiger partial charge in [-0.2, -0.15) is 0 Å². The van der Waals surface area contributed by atoms with Crippen LogP contribution in [-0.2, 0) is 21.2 Å². The van der Waals surface area contributed by atoms with Crippen LogP contribution in [0, 0.1) is 6.92 Å². The van der Waals surface area contributed by atoms with Crippen LogP contribution in [-0.4, -0.2) is 24.3 Å². The number of hydrogen-bond acceptors (Lipinski definition) is 7. The molecule has 0 spiro atoms. The summed E-state index contributed by atoms with van der Waals surface area (Å²) >= 11 is 8.56. The third-order valence-corrected chi connectivity index (χ3v) is 8.81. The van der Waals surface area contributed by atoms with Crippen molar-refractivity contribution in [3.63, 3.8) is 0 Å². The Hall–Kier alpha value is -3.31. The summed E-state index contributed by atoms with van der Waals surface area (Å²) in [5.41, 5.74) is 4.26. The maximum atomic E-state index is 12.5. The lowest BCUT2D eigenvalue weighted by molar-refractivity contribution is -0.115. The fourth-order valence-corrected chi connectivity index (χ4v) is 6.60. The number of fused-ring (bicyclic) bond motifs is 1. The molecule has 0 aliphatic heterocycles. The second kappa shape index (κ2) is 9.98. The molecule has 0 saturated heterocycles. The topological polar surface area (TPSA) is 101 Å². The molecule has 36 heavy (non-hydrogen) atoms. The quantitative estimate of drug-likeness (QED) is 0.244. The Labute approximate surface area is 220 Å². The Morgan fingerprint density at radius 3 is 2.50 bits per heavy atom. The first-order valence-corrected chi connectivity index (χ1v) is 14.3. The first-order valence-electron chi connectivity index (χ1n) is 10.8. The number of hydrogen-bond donors (Lipinski definition) is 2. The number of sulfonamides is 1. The van der Waals surface area contributed by atoms with Crippen molar-refractivity contribution < 1.29 is 13.2 Å². The van der Waals surface area contributed by atoms with Crippen LogP contribution in [0.1, 0.15) is 11.3 Å². The number of thiazole rings is 2. The minimum absolute atomic E-state index is 0.0120. The van der Waals surface area contributed by atoms with Gasteiger partial charge in [-0.1, -0.05) is 17.7 Å². The van der Waals surface area contributed by atoms with E-state index in [1.807, 2.05) is 36.4 Å². The monoisotopic (exact) mass is 554 g/mol. The molecule has 5 rings (SSSR count). The highest BCUT2D eigenvalue weighted by Gasteiger charge is 2.17. The largest absolute Gasteiger partial charge is 0.326 e. The van der Waals surface area contributed by atoms with E-state index in [2.05, 4.69) is 28.0 Å². The van der Waals surface area contributed by atoms with E-state index in [1.165, 1.54) is 29.8 Å². The summed E-state index contributed by atoms with van der Waals surface area (Å²) in [5, 5.41) is 6.05. The average Bonchev–Trinajstić information content (AvgIpc) is 3.45. The number of nitrogens with one attached hydrogen (secondary N) is 2. The second-order valence-corrected chi connectivity index (χ2v) is 12.0. The normalized spacial score (nSPS) is 11.5. The lowest BCUT2D eigenvalue weighted by atomic mass is 10.2. The Morgan fingerprint density at radius 1 is 1.00 bits per heavy atom. The molecule has 3 aromatic carbocycles. The summed E-state index contributed by atoms with van der Waals surface area (Å²) in [7, 11) is -3.80. The number of carbonyl (C=O) groups excluding carboxylic acids is 1. The highest BCUT2D eigenvalue weighted by molar-refractivity contribution is 7.93. The van der Waals surface area contributed by atoms with Crippen molar-refractivity contribution in [2.24, 2.45) is 0 Å². The van der Waals surface area contributed by atoms with Crippen molar-refractivity contribution in [2.45, 2.75) is 18.2 Å². The molecule has 1 amide bonds. The van der Waals surface area contributed by atoms with E-state index in [0.29, 0.717) is 16.4 Å². The molecule has 2 aromatic heterocycles. The zero-order valence-electron chi connectivity index (χ0n) is 18.9. The Bertz CT molecular complexity index is 1660. The van der Waals surface area contributed by atoms with Gasteiger partial charge in [0, 0.05) is 21.7 Å². The number of carbonyl (C=O) groups is 1. The van der Waals surface area contributed by atoms with Gasteiger partial charge in [0.15, 0.2) is 5.13 Å². The molecule has 0 fully saturated rings. The van der Waals surface area contributed by atoms with Crippen molar-refractivity contribution in [2.75, 3.05) is 10.0 Å². The lowest BCUT2D eigenvalue weighted by Gasteiger charge is -2.05. The van der Waals surface area contributed by atoms with Crippen molar-refractivity contribution in [1.82, 2.24) is 9.97 Å². The molecule has 2 N–H and O–H groups in total. The van der Waals surface area contributed by atoms with Crippen LogP contribution in [0.4, 0.5) is 10.8 Å². The van der Waals surface area contributed by atoms with E-state index < -0.39 is 10.0 Å². The molecular weight excluding hydrogens is 536 g/mol. The van der Waals surface area contributed by atoms with Gasteiger partial charge in [-0.25, -0.2) is 18.4 Å². The first kappa shape index (κ1) is 24.4. The van der Waals surface area contributed by atoms with Gasteiger partial charge in [0.2, 0.25) is 5.91 Å². The lowest BCUT2D eigenvalue weighted by Crippen LogP contribution is -2.15. The number of halogens is 1. The maximum absolute atomic E-state index is 12.5. The van der Waals surface area contributed by atoms with Gasteiger partial charge in [0.1, 0.15) is 5.01 Å². The van der Waals surface area contributed by atoms with Crippen LogP contribution < -0.4 is 10.0 Å². The van der Waals surface area contributed by atoms with Gasteiger partial charge in [-0.3, -0.25) is 9.52 Å². The predicted molar refractivity (Wildman–Crippen MR) is 147 cm³/mol. The minimum Gasteiger partial charge on any atom is -0.326 e. The van der Waals surface area contributed by atoms with Crippen LogP contribution in [0.15, 0.2) is 77.0 Å². The highest BCUT2D eigenvalue weighted by atomic mass is 35.5. The minimum atomic E-state index is -3.80. The molecular formula is C25H19ClN4O3S3. The number of aromatic nitrogens is 2. The van der Waals surface area contributed by atoms with Crippen molar-refractivity contribution >= 4 is 71.2 Å². The maximum Gasteiger partial charge on any atom is 0.263 e. The van der Waals surface area contributed by atoms with E-state index in [4.69, 9.17) is 16.6 Å². The van der Waals surface area contributed by atoms with E-state index in [9.17, 15) is 13.2 Å². The van der Waals surface area contributed by atoms with Gasteiger partial charge < -0.3 is 5.32 Å². The first-order chi connectivity index (χ1) is 17.2.